The Morgan fingerprint density at radius 1 is 1.15 bits per heavy atom. The maximum atomic E-state index is 5.64. The van der Waals surface area contributed by atoms with Gasteiger partial charge in [-0.05, 0) is 32.2 Å². The molecule has 1 saturated carbocycles. The first-order valence-electron chi connectivity index (χ1n) is 5.51. The fourth-order valence-electron chi connectivity index (χ4n) is 2.30. The Kier molecular flexibility index (Phi) is 4.32. The van der Waals surface area contributed by atoms with Gasteiger partial charge < -0.3 is 5.73 Å². The van der Waals surface area contributed by atoms with Crippen LogP contribution in [0.25, 0.3) is 0 Å². The van der Waals surface area contributed by atoms with Gasteiger partial charge in [0.25, 0.3) is 0 Å². The van der Waals surface area contributed by atoms with Crippen molar-refractivity contribution in [2.24, 2.45) is 11.1 Å². The van der Waals surface area contributed by atoms with E-state index in [0.29, 0.717) is 0 Å². The Morgan fingerprint density at radius 2 is 1.85 bits per heavy atom. The van der Waals surface area contributed by atoms with Gasteiger partial charge in [0.1, 0.15) is 0 Å². The highest BCUT2D eigenvalue weighted by molar-refractivity contribution is 5.06. The fourth-order valence-corrected chi connectivity index (χ4v) is 2.30. The van der Waals surface area contributed by atoms with Crippen molar-refractivity contribution in [1.29, 1.82) is 0 Å². The zero-order valence-corrected chi connectivity index (χ0v) is 8.52. The molecule has 0 bridgehead atoms. The summed E-state index contributed by atoms with van der Waals surface area (Å²) in [7, 11) is 0. The molecule has 0 aromatic carbocycles. The molecule has 0 aliphatic heterocycles. The van der Waals surface area contributed by atoms with E-state index in [1.54, 1.807) is 0 Å². The van der Waals surface area contributed by atoms with E-state index in [-0.39, 0.29) is 5.41 Å². The van der Waals surface area contributed by atoms with E-state index in [2.05, 4.69) is 5.92 Å². The van der Waals surface area contributed by atoms with Gasteiger partial charge in [0.05, 0.1) is 0 Å². The molecule has 74 valence electrons. The van der Waals surface area contributed by atoms with Crippen LogP contribution in [0.3, 0.4) is 0 Å². The third kappa shape index (κ3) is 3.04. The summed E-state index contributed by atoms with van der Waals surface area (Å²) in [6, 6.07) is 0. The lowest BCUT2D eigenvalue weighted by atomic mass is 9.72. The molecule has 0 atom stereocenters. The molecule has 1 aliphatic carbocycles. The van der Waals surface area contributed by atoms with Crippen molar-refractivity contribution >= 4 is 0 Å². The molecule has 0 aromatic heterocycles. The van der Waals surface area contributed by atoms with E-state index in [4.69, 9.17) is 12.2 Å². The van der Waals surface area contributed by atoms with E-state index in [1.165, 1.54) is 44.9 Å². The lowest BCUT2D eigenvalue weighted by Crippen LogP contribution is -2.22. The predicted molar refractivity (Wildman–Crippen MR) is 57.3 cm³/mol. The Hall–Kier alpha value is -0.480. The van der Waals surface area contributed by atoms with Crippen molar-refractivity contribution in [3.63, 3.8) is 0 Å². The molecule has 1 nitrogen and oxygen atoms in total. The molecule has 0 amide bonds. The second-order valence-electron chi connectivity index (χ2n) is 4.23. The highest BCUT2D eigenvalue weighted by Crippen LogP contribution is 2.39. The molecule has 2 N–H and O–H groups in total. The third-order valence-corrected chi connectivity index (χ3v) is 3.23. The molecule has 0 spiro atoms. The van der Waals surface area contributed by atoms with Crippen molar-refractivity contribution in [3.8, 4) is 12.3 Å². The second-order valence-corrected chi connectivity index (χ2v) is 4.23. The zero-order chi connectivity index (χ0) is 9.57. The minimum absolute atomic E-state index is 0.243. The number of terminal acetylenes is 1. The van der Waals surface area contributed by atoms with E-state index < -0.39 is 0 Å². The minimum atomic E-state index is 0.243. The summed E-state index contributed by atoms with van der Waals surface area (Å²) in [5.74, 6) is 3.04. The maximum Gasteiger partial charge on any atom is 0.0312 e. The third-order valence-electron chi connectivity index (χ3n) is 3.23. The van der Waals surface area contributed by atoms with Crippen molar-refractivity contribution in [1.82, 2.24) is 0 Å². The van der Waals surface area contributed by atoms with E-state index in [1.807, 2.05) is 0 Å². The van der Waals surface area contributed by atoms with Crippen LogP contribution in [-0.2, 0) is 0 Å². The van der Waals surface area contributed by atoms with Gasteiger partial charge >= 0.3 is 0 Å². The van der Waals surface area contributed by atoms with Gasteiger partial charge in [-0.1, -0.05) is 31.6 Å². The second kappa shape index (κ2) is 5.29. The first kappa shape index (κ1) is 10.6. The van der Waals surface area contributed by atoms with Crippen LogP contribution < -0.4 is 5.73 Å². The molecule has 1 fully saturated rings. The molecular weight excluding hydrogens is 158 g/mol. The van der Waals surface area contributed by atoms with Crippen LogP contribution in [0.1, 0.15) is 51.4 Å². The Balaban J connectivity index is 2.35. The molecule has 1 aliphatic rings. The summed E-state index contributed by atoms with van der Waals surface area (Å²) in [6.45, 7) is 0.806. The lowest BCUT2D eigenvalue weighted by molar-refractivity contribution is 0.246. The van der Waals surface area contributed by atoms with Gasteiger partial charge in [0, 0.05) is 5.41 Å². The smallest absolute Gasteiger partial charge is 0.0312 e. The monoisotopic (exact) mass is 179 g/mol. The normalized spacial score (nSPS) is 20.9. The minimum Gasteiger partial charge on any atom is -0.330 e. The SMILES string of the molecule is C#CC1(CCCCN)CCCCC1. The van der Waals surface area contributed by atoms with Crippen LogP contribution in [0.15, 0.2) is 0 Å². The number of hydrogen-bond donors (Lipinski definition) is 1. The molecule has 13 heavy (non-hydrogen) atoms. The first-order valence-corrected chi connectivity index (χ1v) is 5.51. The Labute approximate surface area is 82.1 Å². The summed E-state index contributed by atoms with van der Waals surface area (Å²) >= 11 is 0. The highest BCUT2D eigenvalue weighted by atomic mass is 14.5. The predicted octanol–water partition coefficient (Wildman–Crippen LogP) is 2.70. The van der Waals surface area contributed by atoms with Gasteiger partial charge in [-0.3, -0.25) is 0 Å². The molecule has 1 rings (SSSR count). The Morgan fingerprint density at radius 3 is 2.38 bits per heavy atom. The average Bonchev–Trinajstić information content (AvgIpc) is 2.20. The molecule has 0 radical (unpaired) electrons. The summed E-state index contributed by atoms with van der Waals surface area (Å²) in [6.07, 6.45) is 15.7. The highest BCUT2D eigenvalue weighted by Gasteiger charge is 2.28. The number of rotatable bonds is 4. The molecule has 0 aromatic rings. The standard InChI is InChI=1S/C12H21N/c1-2-12(10-6-7-11-13)8-4-3-5-9-12/h1H,3-11,13H2. The summed E-state index contributed by atoms with van der Waals surface area (Å²) in [5.41, 5.74) is 5.72. The van der Waals surface area contributed by atoms with Crippen LogP contribution >= 0.6 is 0 Å². The first-order chi connectivity index (χ1) is 6.33. The van der Waals surface area contributed by atoms with Crippen LogP contribution in [0.4, 0.5) is 0 Å². The quantitative estimate of drug-likeness (QED) is 0.521. The van der Waals surface area contributed by atoms with Crippen molar-refractivity contribution < 1.29 is 0 Å². The number of nitrogens with two attached hydrogens (primary N) is 1. The zero-order valence-electron chi connectivity index (χ0n) is 8.52. The summed E-state index contributed by atoms with van der Waals surface area (Å²) < 4.78 is 0. The number of hydrogen-bond acceptors (Lipinski definition) is 1. The largest absolute Gasteiger partial charge is 0.330 e. The topological polar surface area (TPSA) is 26.0 Å². The average molecular weight is 179 g/mol. The van der Waals surface area contributed by atoms with Crippen LogP contribution in [-0.4, -0.2) is 6.54 Å². The van der Waals surface area contributed by atoms with Gasteiger partial charge in [-0.25, -0.2) is 0 Å². The Bertz CT molecular complexity index is 172. The van der Waals surface area contributed by atoms with Gasteiger partial charge in [0.2, 0.25) is 0 Å². The van der Waals surface area contributed by atoms with E-state index in [9.17, 15) is 0 Å². The van der Waals surface area contributed by atoms with Gasteiger partial charge in [-0.2, -0.15) is 0 Å². The van der Waals surface area contributed by atoms with Gasteiger partial charge in [0.15, 0.2) is 0 Å². The van der Waals surface area contributed by atoms with Crippen LogP contribution in [0.5, 0.6) is 0 Å². The maximum absolute atomic E-state index is 5.64. The van der Waals surface area contributed by atoms with Crippen LogP contribution in [0.2, 0.25) is 0 Å². The van der Waals surface area contributed by atoms with Crippen molar-refractivity contribution in [2.75, 3.05) is 6.54 Å². The van der Waals surface area contributed by atoms with Crippen LogP contribution in [0, 0.1) is 17.8 Å². The summed E-state index contributed by atoms with van der Waals surface area (Å²) in [4.78, 5) is 0. The van der Waals surface area contributed by atoms with E-state index in [0.717, 1.165) is 13.0 Å². The summed E-state index contributed by atoms with van der Waals surface area (Å²) in [5, 5.41) is 0. The van der Waals surface area contributed by atoms with Crippen molar-refractivity contribution in [2.45, 2.75) is 51.4 Å². The lowest BCUT2D eigenvalue weighted by Gasteiger charge is -2.32. The molecule has 0 unspecified atom stereocenters. The molecule has 1 heteroatoms. The van der Waals surface area contributed by atoms with Gasteiger partial charge in [-0.15, -0.1) is 6.42 Å². The molecular formula is C12H21N. The number of unbranched alkanes of at least 4 members (excludes halogenated alkanes) is 1. The molecule has 0 heterocycles. The molecule has 0 saturated heterocycles. The van der Waals surface area contributed by atoms with Crippen molar-refractivity contribution in [3.05, 3.63) is 0 Å². The fraction of sp³-hybridized carbons (Fsp3) is 0.833. The van der Waals surface area contributed by atoms with E-state index >= 15 is 0 Å².